The standard InChI is InChI=1S/C22H21N5O2S/c1-3-27-21(29)17-6-4-5-7-18(17)24-22(27)26-25-20(28)12-15-8-10-16(11-9-15)19-13-30-14(2)23-19/h4-11,13H,3,12H2,1-2H3,(H,24,26)(H,25,28). The third-order valence-corrected chi connectivity index (χ3v) is 5.50. The molecule has 1 amide bonds. The van der Waals surface area contributed by atoms with Crippen LogP contribution >= 0.6 is 11.3 Å². The van der Waals surface area contributed by atoms with Crippen molar-refractivity contribution in [2.75, 3.05) is 5.43 Å². The van der Waals surface area contributed by atoms with Gasteiger partial charge in [-0.05, 0) is 31.5 Å². The molecule has 0 atom stereocenters. The summed E-state index contributed by atoms with van der Waals surface area (Å²) in [4.78, 5) is 34.0. The summed E-state index contributed by atoms with van der Waals surface area (Å²) < 4.78 is 1.49. The molecule has 0 aliphatic rings. The van der Waals surface area contributed by atoms with Crippen LogP contribution in [-0.4, -0.2) is 20.4 Å². The average Bonchev–Trinajstić information content (AvgIpc) is 3.19. The van der Waals surface area contributed by atoms with E-state index in [-0.39, 0.29) is 17.9 Å². The summed E-state index contributed by atoms with van der Waals surface area (Å²) in [6.07, 6.45) is 0.202. The third kappa shape index (κ3) is 4.08. The van der Waals surface area contributed by atoms with Gasteiger partial charge in [0.15, 0.2) is 0 Å². The van der Waals surface area contributed by atoms with Crippen LogP contribution in [0, 0.1) is 6.92 Å². The van der Waals surface area contributed by atoms with Crippen LogP contribution in [0.2, 0.25) is 0 Å². The van der Waals surface area contributed by atoms with Crippen LogP contribution < -0.4 is 16.4 Å². The molecule has 0 aliphatic heterocycles. The van der Waals surface area contributed by atoms with Gasteiger partial charge < -0.3 is 0 Å². The van der Waals surface area contributed by atoms with Crippen LogP contribution in [0.1, 0.15) is 17.5 Å². The number of nitrogens with zero attached hydrogens (tertiary/aromatic N) is 3. The van der Waals surface area contributed by atoms with Gasteiger partial charge in [-0.25, -0.2) is 9.97 Å². The van der Waals surface area contributed by atoms with Crippen molar-refractivity contribution in [1.29, 1.82) is 0 Å². The largest absolute Gasteiger partial charge is 0.277 e. The molecule has 2 aromatic heterocycles. The topological polar surface area (TPSA) is 88.9 Å². The van der Waals surface area contributed by atoms with Gasteiger partial charge >= 0.3 is 0 Å². The molecule has 2 N–H and O–H groups in total. The number of nitrogens with one attached hydrogen (secondary N) is 2. The highest BCUT2D eigenvalue weighted by Crippen LogP contribution is 2.22. The lowest BCUT2D eigenvalue weighted by Gasteiger charge is -2.14. The molecule has 4 rings (SSSR count). The van der Waals surface area contributed by atoms with Gasteiger partial charge in [-0.2, -0.15) is 0 Å². The first-order chi connectivity index (χ1) is 14.5. The van der Waals surface area contributed by atoms with E-state index in [1.54, 1.807) is 29.5 Å². The summed E-state index contributed by atoms with van der Waals surface area (Å²) in [7, 11) is 0. The number of aromatic nitrogens is 3. The smallest absolute Gasteiger partial charge is 0.262 e. The van der Waals surface area contributed by atoms with Crippen molar-refractivity contribution in [2.45, 2.75) is 26.8 Å². The number of hydrogen-bond donors (Lipinski definition) is 2. The fourth-order valence-corrected chi connectivity index (χ4v) is 3.82. The summed E-state index contributed by atoms with van der Waals surface area (Å²) in [6.45, 7) is 4.27. The van der Waals surface area contributed by atoms with E-state index in [4.69, 9.17) is 0 Å². The molecule has 4 aromatic rings. The van der Waals surface area contributed by atoms with Gasteiger partial charge in [0.1, 0.15) is 0 Å². The lowest BCUT2D eigenvalue weighted by Crippen LogP contribution is -2.35. The Morgan fingerprint density at radius 3 is 2.57 bits per heavy atom. The lowest BCUT2D eigenvalue weighted by molar-refractivity contribution is -0.119. The first-order valence-corrected chi connectivity index (χ1v) is 10.5. The number of fused-ring (bicyclic) bond motifs is 1. The van der Waals surface area contributed by atoms with Crippen LogP contribution in [0.25, 0.3) is 22.2 Å². The van der Waals surface area contributed by atoms with Gasteiger partial charge in [0.2, 0.25) is 11.9 Å². The van der Waals surface area contributed by atoms with E-state index in [9.17, 15) is 9.59 Å². The number of anilines is 1. The molecule has 0 saturated heterocycles. The normalized spacial score (nSPS) is 10.9. The maximum atomic E-state index is 12.6. The van der Waals surface area contributed by atoms with Crippen molar-refractivity contribution in [3.63, 3.8) is 0 Å². The van der Waals surface area contributed by atoms with E-state index >= 15 is 0 Å². The highest BCUT2D eigenvalue weighted by molar-refractivity contribution is 7.09. The molecule has 152 valence electrons. The van der Waals surface area contributed by atoms with Crippen LogP contribution in [0.4, 0.5) is 5.95 Å². The van der Waals surface area contributed by atoms with E-state index in [0.717, 1.165) is 21.8 Å². The number of rotatable bonds is 6. The highest BCUT2D eigenvalue weighted by Gasteiger charge is 2.11. The zero-order chi connectivity index (χ0) is 21.1. The summed E-state index contributed by atoms with van der Waals surface area (Å²) >= 11 is 1.61. The molecular formula is C22H21N5O2S. The zero-order valence-corrected chi connectivity index (χ0v) is 17.5. The molecular weight excluding hydrogens is 398 g/mol. The van der Waals surface area contributed by atoms with Crippen LogP contribution in [0.5, 0.6) is 0 Å². The predicted molar refractivity (Wildman–Crippen MR) is 119 cm³/mol. The first kappa shape index (κ1) is 19.8. The number of para-hydroxylation sites is 1. The number of thiazole rings is 1. The quantitative estimate of drug-likeness (QED) is 0.467. The van der Waals surface area contributed by atoms with Crippen molar-refractivity contribution in [2.24, 2.45) is 0 Å². The maximum Gasteiger partial charge on any atom is 0.262 e. The second kappa shape index (κ2) is 8.46. The molecule has 0 fully saturated rings. The molecule has 0 aliphatic carbocycles. The number of carbonyl (C=O) groups is 1. The van der Waals surface area contributed by atoms with Gasteiger partial charge in [-0.3, -0.25) is 25.0 Å². The monoisotopic (exact) mass is 419 g/mol. The maximum absolute atomic E-state index is 12.6. The summed E-state index contributed by atoms with van der Waals surface area (Å²) in [5.74, 6) is 0.0844. The zero-order valence-electron chi connectivity index (χ0n) is 16.7. The average molecular weight is 420 g/mol. The number of aryl methyl sites for hydroxylation is 1. The Balaban J connectivity index is 1.44. The van der Waals surface area contributed by atoms with Crippen LogP contribution in [-0.2, 0) is 17.8 Å². The summed E-state index contributed by atoms with van der Waals surface area (Å²) in [6, 6.07) is 14.9. The Labute approximate surface area is 177 Å². The van der Waals surface area contributed by atoms with Gasteiger partial charge in [0.25, 0.3) is 5.56 Å². The second-order valence-electron chi connectivity index (χ2n) is 6.80. The molecule has 0 radical (unpaired) electrons. The number of carbonyl (C=O) groups excluding carboxylic acids is 1. The SMILES string of the molecule is CCn1c(NNC(=O)Cc2ccc(-c3csc(C)n3)cc2)nc2ccccc2c1=O. The minimum absolute atomic E-state index is 0.146. The molecule has 8 heteroatoms. The van der Waals surface area contributed by atoms with Gasteiger partial charge in [0.05, 0.1) is 28.0 Å². The second-order valence-corrected chi connectivity index (χ2v) is 7.86. The van der Waals surface area contributed by atoms with E-state index in [0.29, 0.717) is 23.4 Å². The minimum atomic E-state index is -0.225. The number of benzene rings is 2. The van der Waals surface area contributed by atoms with E-state index in [1.165, 1.54) is 4.57 Å². The minimum Gasteiger partial charge on any atom is -0.277 e. The first-order valence-electron chi connectivity index (χ1n) is 9.61. The van der Waals surface area contributed by atoms with E-state index < -0.39 is 0 Å². The molecule has 0 saturated carbocycles. The Morgan fingerprint density at radius 1 is 1.10 bits per heavy atom. The highest BCUT2D eigenvalue weighted by atomic mass is 32.1. The molecule has 30 heavy (non-hydrogen) atoms. The van der Waals surface area contributed by atoms with Crippen molar-refractivity contribution in [3.05, 3.63) is 74.8 Å². The lowest BCUT2D eigenvalue weighted by atomic mass is 10.1. The Hall–Kier alpha value is -3.52. The fourth-order valence-electron chi connectivity index (χ4n) is 3.20. The predicted octanol–water partition coefficient (Wildman–Crippen LogP) is 3.53. The van der Waals surface area contributed by atoms with Crippen LogP contribution in [0.15, 0.2) is 58.7 Å². The van der Waals surface area contributed by atoms with Gasteiger partial charge in [-0.1, -0.05) is 36.4 Å². The molecule has 2 heterocycles. The number of amides is 1. The number of hydrogen-bond acceptors (Lipinski definition) is 6. The molecule has 0 bridgehead atoms. The summed E-state index contributed by atoms with van der Waals surface area (Å²) in [5.41, 5.74) is 8.72. The van der Waals surface area contributed by atoms with Crippen molar-refractivity contribution in [3.8, 4) is 11.3 Å². The van der Waals surface area contributed by atoms with Crippen LogP contribution in [0.3, 0.4) is 0 Å². The third-order valence-electron chi connectivity index (χ3n) is 4.72. The van der Waals surface area contributed by atoms with Crippen molar-refractivity contribution < 1.29 is 4.79 Å². The van der Waals surface area contributed by atoms with Gasteiger partial charge in [-0.15, -0.1) is 11.3 Å². The Morgan fingerprint density at radius 2 is 1.87 bits per heavy atom. The molecule has 0 spiro atoms. The number of hydrazine groups is 1. The molecule has 2 aromatic carbocycles. The summed E-state index contributed by atoms with van der Waals surface area (Å²) in [5, 5.41) is 3.59. The Kier molecular flexibility index (Phi) is 5.58. The fraction of sp³-hybridized carbons (Fsp3) is 0.182. The van der Waals surface area contributed by atoms with Crippen molar-refractivity contribution in [1.82, 2.24) is 20.0 Å². The van der Waals surface area contributed by atoms with Crippen molar-refractivity contribution >= 4 is 34.1 Å². The molecule has 7 nitrogen and oxygen atoms in total. The van der Waals surface area contributed by atoms with Gasteiger partial charge in [0, 0.05) is 17.5 Å². The molecule has 0 unspecified atom stereocenters. The van der Waals surface area contributed by atoms with E-state index in [2.05, 4.69) is 20.8 Å². The Bertz CT molecular complexity index is 1260. The van der Waals surface area contributed by atoms with E-state index in [1.807, 2.05) is 49.6 Å².